The predicted octanol–water partition coefficient (Wildman–Crippen LogP) is 4.71. The molecule has 108 valence electrons. The molecule has 2 nitrogen and oxygen atoms in total. The zero-order valence-corrected chi connectivity index (χ0v) is 13.0. The van der Waals surface area contributed by atoms with Crippen LogP contribution < -0.4 is 10.5 Å². The van der Waals surface area contributed by atoms with Crippen LogP contribution in [0.4, 0.5) is 4.39 Å². The SMILES string of the molecule is CCC(N)C(Oc1ccc(F)cc1Cl)c1ccc(C)s1. The average molecular weight is 314 g/mol. The smallest absolute Gasteiger partial charge is 0.148 e. The van der Waals surface area contributed by atoms with Gasteiger partial charge in [0.2, 0.25) is 0 Å². The first-order valence-corrected chi connectivity index (χ1v) is 7.64. The number of halogens is 2. The molecule has 20 heavy (non-hydrogen) atoms. The number of rotatable bonds is 5. The van der Waals surface area contributed by atoms with Crippen LogP contribution in [0.15, 0.2) is 30.3 Å². The molecule has 0 spiro atoms. The Morgan fingerprint density at radius 3 is 2.65 bits per heavy atom. The Bertz CT molecular complexity index is 587. The van der Waals surface area contributed by atoms with Gasteiger partial charge in [0.15, 0.2) is 0 Å². The van der Waals surface area contributed by atoms with Crippen molar-refractivity contribution in [1.29, 1.82) is 0 Å². The van der Waals surface area contributed by atoms with Gasteiger partial charge in [-0.3, -0.25) is 0 Å². The normalized spacial score (nSPS) is 14.1. The van der Waals surface area contributed by atoms with Crippen molar-refractivity contribution in [3.8, 4) is 5.75 Å². The summed E-state index contributed by atoms with van der Waals surface area (Å²) in [6, 6.07) is 8.01. The van der Waals surface area contributed by atoms with Crippen LogP contribution >= 0.6 is 22.9 Å². The van der Waals surface area contributed by atoms with Crippen LogP contribution in [0, 0.1) is 12.7 Å². The summed E-state index contributed by atoms with van der Waals surface area (Å²) in [6.07, 6.45) is 0.502. The zero-order valence-electron chi connectivity index (χ0n) is 11.4. The monoisotopic (exact) mass is 313 g/mol. The fraction of sp³-hybridized carbons (Fsp3) is 0.333. The Balaban J connectivity index is 2.28. The minimum atomic E-state index is -0.384. The second kappa shape index (κ2) is 6.57. The quantitative estimate of drug-likeness (QED) is 0.868. The second-order valence-corrected chi connectivity index (χ2v) is 6.36. The molecule has 0 aliphatic heterocycles. The summed E-state index contributed by atoms with van der Waals surface area (Å²) < 4.78 is 19.0. The van der Waals surface area contributed by atoms with E-state index in [1.54, 1.807) is 11.3 Å². The van der Waals surface area contributed by atoms with E-state index in [1.807, 2.05) is 26.0 Å². The van der Waals surface area contributed by atoms with E-state index in [9.17, 15) is 4.39 Å². The fourth-order valence-electron chi connectivity index (χ4n) is 1.88. The standard InChI is InChI=1S/C15H17ClFNOS/c1-3-12(18)15(14-7-4-9(2)20-14)19-13-6-5-10(17)8-11(13)16/h4-8,12,15H,3,18H2,1-2H3. The lowest BCUT2D eigenvalue weighted by atomic mass is 10.1. The highest BCUT2D eigenvalue weighted by molar-refractivity contribution is 7.12. The highest BCUT2D eigenvalue weighted by atomic mass is 35.5. The maximum atomic E-state index is 13.1. The van der Waals surface area contributed by atoms with Crippen molar-refractivity contribution in [3.05, 3.63) is 50.9 Å². The van der Waals surface area contributed by atoms with Crippen molar-refractivity contribution in [1.82, 2.24) is 0 Å². The minimum absolute atomic E-state index is 0.144. The number of thiophene rings is 1. The first-order chi connectivity index (χ1) is 9.51. The van der Waals surface area contributed by atoms with Gasteiger partial charge in [-0.15, -0.1) is 11.3 Å². The van der Waals surface area contributed by atoms with Gasteiger partial charge in [-0.05, 0) is 43.7 Å². The predicted molar refractivity (Wildman–Crippen MR) is 82.1 cm³/mol. The fourth-order valence-corrected chi connectivity index (χ4v) is 3.08. The molecule has 2 N–H and O–H groups in total. The molecule has 0 aliphatic rings. The van der Waals surface area contributed by atoms with E-state index >= 15 is 0 Å². The van der Waals surface area contributed by atoms with Crippen molar-refractivity contribution >= 4 is 22.9 Å². The van der Waals surface area contributed by atoms with Crippen LogP contribution in [0.1, 0.15) is 29.2 Å². The Morgan fingerprint density at radius 1 is 1.35 bits per heavy atom. The molecule has 1 aromatic heterocycles. The van der Waals surface area contributed by atoms with Crippen LogP contribution in [0.3, 0.4) is 0 Å². The van der Waals surface area contributed by atoms with E-state index in [-0.39, 0.29) is 23.0 Å². The van der Waals surface area contributed by atoms with E-state index in [0.29, 0.717) is 5.75 Å². The minimum Gasteiger partial charge on any atom is -0.482 e. The molecular formula is C15H17ClFNOS. The molecule has 0 amide bonds. The molecule has 0 aliphatic carbocycles. The third-order valence-corrected chi connectivity index (χ3v) is 4.41. The third-order valence-electron chi connectivity index (χ3n) is 3.05. The zero-order chi connectivity index (χ0) is 14.7. The largest absolute Gasteiger partial charge is 0.482 e. The lowest BCUT2D eigenvalue weighted by Gasteiger charge is -2.24. The van der Waals surface area contributed by atoms with Gasteiger partial charge in [-0.2, -0.15) is 0 Å². The maximum Gasteiger partial charge on any atom is 0.148 e. The van der Waals surface area contributed by atoms with Crippen molar-refractivity contribution < 1.29 is 9.13 Å². The van der Waals surface area contributed by atoms with Crippen molar-refractivity contribution in [3.63, 3.8) is 0 Å². The number of ether oxygens (including phenoxy) is 1. The van der Waals surface area contributed by atoms with Crippen LogP contribution in [0.2, 0.25) is 5.02 Å². The Hall–Kier alpha value is -1.10. The molecule has 5 heteroatoms. The Morgan fingerprint density at radius 2 is 2.10 bits per heavy atom. The van der Waals surface area contributed by atoms with Crippen LogP contribution in [-0.2, 0) is 0 Å². The van der Waals surface area contributed by atoms with Crippen LogP contribution in [-0.4, -0.2) is 6.04 Å². The molecule has 1 aromatic carbocycles. The molecular weight excluding hydrogens is 297 g/mol. The summed E-state index contributed by atoms with van der Waals surface area (Å²) in [4.78, 5) is 2.25. The Kier molecular flexibility index (Phi) is 5.02. The summed E-state index contributed by atoms with van der Waals surface area (Å²) in [6.45, 7) is 4.04. The van der Waals surface area contributed by atoms with E-state index in [4.69, 9.17) is 22.1 Å². The van der Waals surface area contributed by atoms with Crippen molar-refractivity contribution in [2.24, 2.45) is 5.73 Å². The van der Waals surface area contributed by atoms with Gasteiger partial charge in [0.25, 0.3) is 0 Å². The molecule has 0 saturated heterocycles. The number of hydrogen-bond donors (Lipinski definition) is 1. The molecule has 2 rings (SSSR count). The molecule has 2 aromatic rings. The van der Waals surface area contributed by atoms with Gasteiger partial charge in [0.1, 0.15) is 17.7 Å². The van der Waals surface area contributed by atoms with E-state index in [0.717, 1.165) is 11.3 Å². The van der Waals surface area contributed by atoms with Gasteiger partial charge < -0.3 is 10.5 Å². The highest BCUT2D eigenvalue weighted by Gasteiger charge is 2.23. The highest BCUT2D eigenvalue weighted by Crippen LogP contribution is 2.34. The molecule has 0 bridgehead atoms. The second-order valence-electron chi connectivity index (χ2n) is 4.63. The van der Waals surface area contributed by atoms with Gasteiger partial charge in [0, 0.05) is 15.8 Å². The number of benzene rings is 1. The number of nitrogens with two attached hydrogens (primary N) is 1. The number of aryl methyl sites for hydroxylation is 1. The molecule has 1 heterocycles. The van der Waals surface area contributed by atoms with Gasteiger partial charge in [-0.1, -0.05) is 18.5 Å². The molecule has 0 fully saturated rings. The Labute approximate surface area is 127 Å². The molecule has 2 atom stereocenters. The van der Waals surface area contributed by atoms with Crippen molar-refractivity contribution in [2.45, 2.75) is 32.4 Å². The summed E-state index contributed by atoms with van der Waals surface area (Å²) in [5, 5.41) is 0.256. The van der Waals surface area contributed by atoms with E-state index in [2.05, 4.69) is 0 Å². The lowest BCUT2D eigenvalue weighted by Crippen LogP contribution is -2.31. The van der Waals surface area contributed by atoms with Crippen LogP contribution in [0.5, 0.6) is 5.75 Å². The summed E-state index contributed by atoms with van der Waals surface area (Å²) in [5.74, 6) is 0.0682. The number of hydrogen-bond acceptors (Lipinski definition) is 3. The summed E-state index contributed by atoms with van der Waals surface area (Å²) >= 11 is 7.66. The first kappa shape index (κ1) is 15.3. The topological polar surface area (TPSA) is 35.2 Å². The van der Waals surface area contributed by atoms with Crippen molar-refractivity contribution in [2.75, 3.05) is 0 Å². The van der Waals surface area contributed by atoms with Gasteiger partial charge in [-0.25, -0.2) is 4.39 Å². The summed E-state index contributed by atoms with van der Waals surface area (Å²) in [5.41, 5.74) is 6.15. The average Bonchev–Trinajstić information content (AvgIpc) is 2.83. The molecule has 2 unspecified atom stereocenters. The van der Waals surface area contributed by atoms with Gasteiger partial charge in [0.05, 0.1) is 5.02 Å². The van der Waals surface area contributed by atoms with Crippen LogP contribution in [0.25, 0.3) is 0 Å². The third kappa shape index (κ3) is 3.51. The van der Waals surface area contributed by atoms with Gasteiger partial charge >= 0.3 is 0 Å². The van der Waals surface area contributed by atoms with E-state index < -0.39 is 0 Å². The van der Waals surface area contributed by atoms with E-state index in [1.165, 1.54) is 23.1 Å². The first-order valence-electron chi connectivity index (χ1n) is 6.45. The summed E-state index contributed by atoms with van der Waals surface area (Å²) in [7, 11) is 0. The lowest BCUT2D eigenvalue weighted by molar-refractivity contribution is 0.174. The molecule has 0 radical (unpaired) electrons. The molecule has 0 saturated carbocycles. The maximum absolute atomic E-state index is 13.1.